The molecule has 36 heavy (non-hydrogen) atoms. The Bertz CT molecular complexity index is 1400. The Morgan fingerprint density at radius 1 is 0.889 bits per heavy atom. The molecule has 1 N–H and O–H groups in total. The van der Waals surface area contributed by atoms with E-state index in [4.69, 9.17) is 0 Å². The van der Waals surface area contributed by atoms with Gasteiger partial charge in [0.05, 0.1) is 0 Å². The summed E-state index contributed by atoms with van der Waals surface area (Å²) in [5.74, 6) is -0.0190. The molecule has 0 unspecified atom stereocenters. The lowest BCUT2D eigenvalue weighted by atomic mass is 10.0. The van der Waals surface area contributed by atoms with E-state index >= 15 is 0 Å². The van der Waals surface area contributed by atoms with Crippen LogP contribution in [0.4, 0.5) is 17.2 Å². The lowest BCUT2D eigenvalue weighted by Crippen LogP contribution is -2.46. The molecule has 1 aliphatic rings. The summed E-state index contributed by atoms with van der Waals surface area (Å²) in [6.07, 6.45) is 1.82. The number of nitrogens with zero attached hydrogens (tertiary/aromatic N) is 4. The minimum absolute atomic E-state index is 0.123. The van der Waals surface area contributed by atoms with Crippen molar-refractivity contribution in [3.05, 3.63) is 89.9 Å². The summed E-state index contributed by atoms with van der Waals surface area (Å²) in [5.41, 5.74) is 4.92. The number of hydrogen-bond acceptors (Lipinski definition) is 5. The van der Waals surface area contributed by atoms with Crippen molar-refractivity contribution in [2.75, 3.05) is 41.3 Å². The molecular formula is C29H31N5O2. The molecule has 1 amide bonds. The molecule has 0 spiro atoms. The van der Waals surface area contributed by atoms with Gasteiger partial charge in [0, 0.05) is 55.0 Å². The normalized spacial score (nSPS) is 13.9. The van der Waals surface area contributed by atoms with Gasteiger partial charge in [-0.2, -0.15) is 0 Å². The highest BCUT2D eigenvalue weighted by atomic mass is 16.2. The third-order valence-electron chi connectivity index (χ3n) is 6.72. The molecular weight excluding hydrogens is 450 g/mol. The van der Waals surface area contributed by atoms with Crippen LogP contribution in [0.25, 0.3) is 5.52 Å². The second-order valence-corrected chi connectivity index (χ2v) is 9.54. The maximum absolute atomic E-state index is 13.2. The first-order valence-corrected chi connectivity index (χ1v) is 12.4. The number of carbonyl (C=O) groups excluding carboxylic acids is 2. The molecule has 1 aliphatic heterocycles. The van der Waals surface area contributed by atoms with Gasteiger partial charge in [0.2, 0.25) is 0 Å². The molecule has 5 rings (SSSR count). The van der Waals surface area contributed by atoms with Crippen molar-refractivity contribution in [2.24, 2.45) is 0 Å². The van der Waals surface area contributed by atoms with Crippen molar-refractivity contribution >= 4 is 34.4 Å². The van der Waals surface area contributed by atoms with Crippen LogP contribution in [-0.2, 0) is 4.79 Å². The van der Waals surface area contributed by atoms with Gasteiger partial charge in [-0.05, 0) is 73.0 Å². The average molecular weight is 482 g/mol. The Balaban J connectivity index is 1.24. The van der Waals surface area contributed by atoms with Crippen LogP contribution in [0.1, 0.15) is 41.5 Å². The van der Waals surface area contributed by atoms with Gasteiger partial charge in [-0.15, -0.1) is 0 Å². The van der Waals surface area contributed by atoms with E-state index in [1.165, 1.54) is 0 Å². The molecule has 3 aromatic heterocycles. The van der Waals surface area contributed by atoms with Gasteiger partial charge in [-0.3, -0.25) is 9.59 Å². The molecule has 1 fully saturated rings. The highest BCUT2D eigenvalue weighted by molar-refractivity contribution is 6.46. The summed E-state index contributed by atoms with van der Waals surface area (Å²) >= 11 is 0. The van der Waals surface area contributed by atoms with E-state index < -0.39 is 11.7 Å². The van der Waals surface area contributed by atoms with Crippen molar-refractivity contribution in [3.8, 4) is 0 Å². The van der Waals surface area contributed by atoms with Crippen LogP contribution in [0.15, 0.2) is 72.9 Å². The zero-order chi connectivity index (χ0) is 25.2. The number of anilines is 3. The molecule has 0 aliphatic carbocycles. The third-order valence-corrected chi connectivity index (χ3v) is 6.72. The van der Waals surface area contributed by atoms with Gasteiger partial charge in [-0.25, -0.2) is 4.98 Å². The number of carbonyl (C=O) groups is 2. The summed E-state index contributed by atoms with van der Waals surface area (Å²) in [6, 6.07) is 21.5. The van der Waals surface area contributed by atoms with Crippen LogP contribution in [-0.4, -0.2) is 47.3 Å². The lowest BCUT2D eigenvalue weighted by Gasteiger charge is -2.36. The fraction of sp³-hybridized carbons (Fsp3) is 0.276. The lowest BCUT2D eigenvalue weighted by molar-refractivity contribution is -0.112. The highest BCUT2D eigenvalue weighted by Crippen LogP contribution is 2.26. The molecule has 184 valence electrons. The quantitative estimate of drug-likeness (QED) is 0.313. The number of hydrogen-bond donors (Lipinski definition) is 1. The summed E-state index contributed by atoms with van der Waals surface area (Å²) in [5, 5.41) is 2.79. The van der Waals surface area contributed by atoms with E-state index in [2.05, 4.69) is 26.2 Å². The smallest absolute Gasteiger partial charge is 0.298 e. The van der Waals surface area contributed by atoms with Crippen molar-refractivity contribution < 1.29 is 9.59 Å². The van der Waals surface area contributed by atoms with E-state index in [0.29, 0.717) is 11.4 Å². The van der Waals surface area contributed by atoms with E-state index in [-0.39, 0.29) is 5.92 Å². The number of rotatable bonds is 6. The summed E-state index contributed by atoms with van der Waals surface area (Å²) in [6.45, 7) is 9.63. The Hall–Kier alpha value is -4.13. The Morgan fingerprint density at radius 3 is 2.31 bits per heavy atom. The van der Waals surface area contributed by atoms with Crippen molar-refractivity contribution in [1.29, 1.82) is 0 Å². The van der Waals surface area contributed by atoms with E-state index in [0.717, 1.165) is 54.5 Å². The molecule has 0 radical (unpaired) electrons. The number of fused-ring (bicyclic) bond motifs is 1. The van der Waals surface area contributed by atoms with Crippen LogP contribution in [0.2, 0.25) is 0 Å². The van der Waals surface area contributed by atoms with Crippen LogP contribution in [0, 0.1) is 6.92 Å². The monoisotopic (exact) mass is 481 g/mol. The number of benzene rings is 1. The molecule has 0 atom stereocenters. The molecule has 4 heterocycles. The van der Waals surface area contributed by atoms with Crippen molar-refractivity contribution in [3.63, 3.8) is 0 Å². The number of aryl methyl sites for hydroxylation is 1. The first-order chi connectivity index (χ1) is 17.4. The minimum atomic E-state index is -0.632. The fourth-order valence-corrected chi connectivity index (χ4v) is 4.77. The van der Waals surface area contributed by atoms with Gasteiger partial charge in [0.1, 0.15) is 11.5 Å². The topological polar surface area (TPSA) is 70.0 Å². The standard InChI is InChI=1S/C29H31N5O2/c1-20(2)25-19-24-8-4-5-14-34(24)27(25)28(35)29(36)31-22-10-12-23(13-11-22)32-15-17-33(18-16-32)26-9-6-7-21(3)30-26/h4-14,19-20H,15-18H2,1-3H3,(H,31,36). The van der Waals surface area contributed by atoms with Crippen molar-refractivity contribution in [1.82, 2.24) is 9.38 Å². The van der Waals surface area contributed by atoms with Crippen LogP contribution in [0.5, 0.6) is 0 Å². The van der Waals surface area contributed by atoms with E-state index in [1.54, 1.807) is 4.40 Å². The number of aromatic nitrogens is 2. The molecule has 7 nitrogen and oxygen atoms in total. The minimum Gasteiger partial charge on any atom is -0.368 e. The van der Waals surface area contributed by atoms with Gasteiger partial charge in [0.15, 0.2) is 0 Å². The number of nitrogens with one attached hydrogen (secondary N) is 1. The molecule has 0 bridgehead atoms. The Labute approximate surface area is 211 Å². The van der Waals surface area contributed by atoms with Gasteiger partial charge in [-0.1, -0.05) is 26.0 Å². The highest BCUT2D eigenvalue weighted by Gasteiger charge is 2.25. The van der Waals surface area contributed by atoms with Crippen LogP contribution in [0.3, 0.4) is 0 Å². The van der Waals surface area contributed by atoms with Crippen molar-refractivity contribution in [2.45, 2.75) is 26.7 Å². The first-order valence-electron chi connectivity index (χ1n) is 12.4. The maximum atomic E-state index is 13.2. The largest absolute Gasteiger partial charge is 0.368 e. The number of Topliss-reactive ketones (excluding diaryl/α,β-unsaturated/α-hetero) is 1. The summed E-state index contributed by atoms with van der Waals surface area (Å²) < 4.78 is 1.80. The second-order valence-electron chi connectivity index (χ2n) is 9.54. The fourth-order valence-electron chi connectivity index (χ4n) is 4.77. The second kappa shape index (κ2) is 9.85. The first kappa shape index (κ1) is 23.6. The Morgan fingerprint density at radius 2 is 1.61 bits per heavy atom. The summed E-state index contributed by atoms with van der Waals surface area (Å²) in [4.78, 5) is 35.4. The zero-order valence-corrected chi connectivity index (χ0v) is 20.9. The van der Waals surface area contributed by atoms with E-state index in [1.807, 2.05) is 87.6 Å². The Kier molecular flexibility index (Phi) is 6.46. The molecule has 0 saturated carbocycles. The summed E-state index contributed by atoms with van der Waals surface area (Å²) in [7, 11) is 0. The number of pyridine rings is 2. The molecule has 1 aromatic carbocycles. The molecule has 7 heteroatoms. The predicted molar refractivity (Wildman–Crippen MR) is 144 cm³/mol. The maximum Gasteiger partial charge on any atom is 0.298 e. The number of piperazine rings is 1. The number of amides is 1. The van der Waals surface area contributed by atoms with Gasteiger partial charge >= 0.3 is 0 Å². The predicted octanol–water partition coefficient (Wildman–Crippen LogP) is 4.91. The molecule has 1 saturated heterocycles. The number of ketones is 1. The third kappa shape index (κ3) is 4.69. The SMILES string of the molecule is Cc1cccc(N2CCN(c3ccc(NC(=O)C(=O)c4c(C(C)C)cc5ccccn45)cc3)CC2)n1. The van der Waals surface area contributed by atoms with Crippen LogP contribution >= 0.6 is 0 Å². The van der Waals surface area contributed by atoms with Crippen LogP contribution < -0.4 is 15.1 Å². The van der Waals surface area contributed by atoms with E-state index in [9.17, 15) is 9.59 Å². The molecule has 4 aromatic rings. The average Bonchev–Trinajstić information content (AvgIpc) is 3.29. The van der Waals surface area contributed by atoms with Gasteiger partial charge < -0.3 is 19.5 Å². The zero-order valence-electron chi connectivity index (χ0n) is 20.9. The van der Waals surface area contributed by atoms with Gasteiger partial charge in [0.25, 0.3) is 11.7 Å².